The van der Waals surface area contributed by atoms with Gasteiger partial charge in [-0.2, -0.15) is 5.26 Å². The van der Waals surface area contributed by atoms with Gasteiger partial charge in [0, 0.05) is 17.8 Å². The lowest BCUT2D eigenvalue weighted by molar-refractivity contribution is -0.384. The number of benzene rings is 2. The summed E-state index contributed by atoms with van der Waals surface area (Å²) in [5.74, 6) is 0.151. The largest absolute Gasteiger partial charge is 0.490 e. The third-order valence-electron chi connectivity index (χ3n) is 5.07. The maximum absolute atomic E-state index is 12.6. The Labute approximate surface area is 210 Å². The first-order chi connectivity index (χ1) is 16.9. The fraction of sp³-hybridized carbons (Fsp3) is 0.385. The standard InChI is InChI=1S/C26H30ClN3O5/c1-3-5-6-7-8-9-13-35-25-23(27)15-19(16-24(25)34-4-2)14-20(18-28)26(31)29-21-11-10-12-22(17-21)30(32)33/h10-12,14-17H,3-9,13H2,1-2H3,(H,29,31)/b20-14-. The van der Waals surface area contributed by atoms with Crippen LogP contribution in [-0.2, 0) is 4.79 Å². The number of carbonyl (C=O) groups excluding carboxylic acids is 1. The van der Waals surface area contributed by atoms with Crippen LogP contribution in [0.4, 0.5) is 11.4 Å². The van der Waals surface area contributed by atoms with Gasteiger partial charge in [0.15, 0.2) is 11.5 Å². The minimum absolute atomic E-state index is 0.171. The third-order valence-corrected chi connectivity index (χ3v) is 5.35. The van der Waals surface area contributed by atoms with Gasteiger partial charge in [0.25, 0.3) is 11.6 Å². The maximum Gasteiger partial charge on any atom is 0.271 e. The summed E-state index contributed by atoms with van der Waals surface area (Å²) in [5.41, 5.74) is 0.318. The molecule has 0 aromatic heterocycles. The number of rotatable bonds is 14. The number of ether oxygens (including phenoxy) is 2. The Morgan fingerprint density at radius 2 is 1.89 bits per heavy atom. The van der Waals surface area contributed by atoms with Gasteiger partial charge >= 0.3 is 0 Å². The number of anilines is 1. The topological polar surface area (TPSA) is 114 Å². The van der Waals surface area contributed by atoms with E-state index < -0.39 is 10.8 Å². The number of unbranched alkanes of at least 4 members (excludes halogenated alkanes) is 5. The summed E-state index contributed by atoms with van der Waals surface area (Å²) in [4.78, 5) is 23.0. The quantitative estimate of drug-likeness (QED) is 0.0990. The van der Waals surface area contributed by atoms with Crippen molar-refractivity contribution >= 4 is 35.0 Å². The number of nitro groups is 1. The van der Waals surface area contributed by atoms with Crippen LogP contribution >= 0.6 is 11.6 Å². The molecule has 0 bridgehead atoms. The average Bonchev–Trinajstić information content (AvgIpc) is 2.83. The van der Waals surface area contributed by atoms with Gasteiger partial charge < -0.3 is 14.8 Å². The predicted molar refractivity (Wildman–Crippen MR) is 137 cm³/mol. The number of nitro benzene ring substituents is 1. The number of nitrogens with zero attached hydrogens (tertiary/aromatic N) is 2. The molecule has 0 fully saturated rings. The highest BCUT2D eigenvalue weighted by Gasteiger charge is 2.15. The zero-order chi connectivity index (χ0) is 25.6. The van der Waals surface area contributed by atoms with Crippen molar-refractivity contribution in [3.05, 3.63) is 62.7 Å². The van der Waals surface area contributed by atoms with E-state index in [0.717, 1.165) is 12.8 Å². The van der Waals surface area contributed by atoms with Gasteiger partial charge in [-0.3, -0.25) is 14.9 Å². The molecule has 0 radical (unpaired) electrons. The minimum atomic E-state index is -0.703. The lowest BCUT2D eigenvalue weighted by Gasteiger charge is -2.14. The molecule has 0 aliphatic rings. The molecule has 1 N–H and O–H groups in total. The molecule has 2 aromatic rings. The number of carbonyl (C=O) groups is 1. The Balaban J connectivity index is 2.15. The third kappa shape index (κ3) is 8.95. The molecule has 0 aliphatic carbocycles. The van der Waals surface area contributed by atoms with Crippen molar-refractivity contribution in [1.82, 2.24) is 0 Å². The average molecular weight is 500 g/mol. The van der Waals surface area contributed by atoms with Crippen LogP contribution in [0, 0.1) is 21.4 Å². The normalized spacial score (nSPS) is 11.0. The maximum atomic E-state index is 12.6. The zero-order valence-electron chi connectivity index (χ0n) is 20.0. The summed E-state index contributed by atoms with van der Waals surface area (Å²) in [5, 5.41) is 23.3. The molecule has 186 valence electrons. The highest BCUT2D eigenvalue weighted by atomic mass is 35.5. The minimum Gasteiger partial charge on any atom is -0.490 e. The molecule has 8 nitrogen and oxygen atoms in total. The van der Waals surface area contributed by atoms with Gasteiger partial charge in [-0.25, -0.2) is 0 Å². The van der Waals surface area contributed by atoms with E-state index in [9.17, 15) is 20.2 Å². The lowest BCUT2D eigenvalue weighted by Crippen LogP contribution is -2.13. The van der Waals surface area contributed by atoms with E-state index in [-0.39, 0.29) is 16.9 Å². The van der Waals surface area contributed by atoms with E-state index in [4.69, 9.17) is 21.1 Å². The van der Waals surface area contributed by atoms with Crippen molar-refractivity contribution in [2.75, 3.05) is 18.5 Å². The highest BCUT2D eigenvalue weighted by Crippen LogP contribution is 2.37. The lowest BCUT2D eigenvalue weighted by atomic mass is 10.1. The van der Waals surface area contributed by atoms with E-state index in [1.165, 1.54) is 56.0 Å². The number of non-ortho nitro benzene ring substituents is 1. The summed E-state index contributed by atoms with van der Waals surface area (Å²) in [6, 6.07) is 10.6. The molecule has 35 heavy (non-hydrogen) atoms. The first-order valence-corrected chi connectivity index (χ1v) is 12.0. The fourth-order valence-electron chi connectivity index (χ4n) is 3.34. The van der Waals surface area contributed by atoms with Gasteiger partial charge in [0.1, 0.15) is 11.6 Å². The summed E-state index contributed by atoms with van der Waals surface area (Å²) in [6.45, 7) is 4.91. The predicted octanol–water partition coefficient (Wildman–Crippen LogP) is 6.93. The molecule has 1 amide bonds. The van der Waals surface area contributed by atoms with Crippen LogP contribution in [-0.4, -0.2) is 24.0 Å². The Hall–Kier alpha value is -3.57. The first kappa shape index (κ1) is 27.7. The molecule has 0 atom stereocenters. The van der Waals surface area contributed by atoms with E-state index >= 15 is 0 Å². The van der Waals surface area contributed by atoms with Crippen LogP contribution in [0.2, 0.25) is 5.02 Å². The van der Waals surface area contributed by atoms with E-state index in [1.807, 2.05) is 13.0 Å². The Bertz CT molecular complexity index is 1090. The zero-order valence-corrected chi connectivity index (χ0v) is 20.8. The smallest absolute Gasteiger partial charge is 0.271 e. The van der Waals surface area contributed by atoms with Crippen molar-refractivity contribution in [3.8, 4) is 17.6 Å². The summed E-state index contributed by atoms with van der Waals surface area (Å²) >= 11 is 6.45. The van der Waals surface area contributed by atoms with Gasteiger partial charge in [-0.15, -0.1) is 0 Å². The van der Waals surface area contributed by atoms with Crippen LogP contribution in [0.5, 0.6) is 11.5 Å². The monoisotopic (exact) mass is 499 g/mol. The second-order valence-electron chi connectivity index (χ2n) is 7.81. The molecule has 0 saturated carbocycles. The van der Waals surface area contributed by atoms with Gasteiger partial charge in [-0.05, 0) is 43.2 Å². The molecule has 2 rings (SSSR count). The summed E-state index contributed by atoms with van der Waals surface area (Å²) in [6.07, 6.45) is 8.19. The molecular weight excluding hydrogens is 470 g/mol. The number of halogens is 1. The molecule has 0 unspecified atom stereocenters. The molecule has 9 heteroatoms. The summed E-state index contributed by atoms with van der Waals surface area (Å²) in [7, 11) is 0. The number of amides is 1. The molecule has 2 aromatic carbocycles. The summed E-state index contributed by atoms with van der Waals surface area (Å²) < 4.78 is 11.6. The number of nitrogens with one attached hydrogen (secondary N) is 1. The van der Waals surface area contributed by atoms with Gasteiger partial charge in [0.05, 0.1) is 23.2 Å². The van der Waals surface area contributed by atoms with E-state index in [2.05, 4.69) is 12.2 Å². The van der Waals surface area contributed by atoms with Crippen molar-refractivity contribution in [2.24, 2.45) is 0 Å². The van der Waals surface area contributed by atoms with Gasteiger partial charge in [-0.1, -0.05) is 56.7 Å². The van der Waals surface area contributed by atoms with Crippen LogP contribution in [0.25, 0.3) is 6.08 Å². The van der Waals surface area contributed by atoms with Crippen molar-refractivity contribution in [3.63, 3.8) is 0 Å². The molecule has 0 heterocycles. The molecule has 0 spiro atoms. The molecule has 0 aliphatic heterocycles. The molecule has 0 saturated heterocycles. The van der Waals surface area contributed by atoms with E-state index in [1.54, 1.807) is 12.1 Å². The Kier molecular flexibility index (Phi) is 11.6. The number of hydrogen-bond donors (Lipinski definition) is 1. The second kappa shape index (κ2) is 14.6. The first-order valence-electron chi connectivity index (χ1n) is 11.7. The van der Waals surface area contributed by atoms with Crippen molar-refractivity contribution in [2.45, 2.75) is 52.4 Å². The van der Waals surface area contributed by atoms with Crippen LogP contribution in [0.3, 0.4) is 0 Å². The van der Waals surface area contributed by atoms with Gasteiger partial charge in [0.2, 0.25) is 0 Å². The fourth-order valence-corrected chi connectivity index (χ4v) is 3.62. The highest BCUT2D eigenvalue weighted by molar-refractivity contribution is 6.32. The molecular formula is C26H30ClN3O5. The van der Waals surface area contributed by atoms with Crippen LogP contribution in [0.15, 0.2) is 42.0 Å². The second-order valence-corrected chi connectivity index (χ2v) is 8.22. The van der Waals surface area contributed by atoms with Crippen molar-refractivity contribution < 1.29 is 19.2 Å². The van der Waals surface area contributed by atoms with Crippen molar-refractivity contribution in [1.29, 1.82) is 5.26 Å². The van der Waals surface area contributed by atoms with Crippen LogP contribution < -0.4 is 14.8 Å². The van der Waals surface area contributed by atoms with Crippen LogP contribution in [0.1, 0.15) is 57.9 Å². The number of hydrogen-bond acceptors (Lipinski definition) is 6. The van der Waals surface area contributed by atoms with E-state index in [0.29, 0.717) is 35.3 Å². The Morgan fingerprint density at radius 3 is 2.57 bits per heavy atom. The number of nitriles is 1. The SMILES string of the molecule is CCCCCCCCOc1c(Cl)cc(/C=C(/C#N)C(=O)Nc2cccc([N+](=O)[O-])c2)cc1OCC. The Morgan fingerprint density at radius 1 is 1.14 bits per heavy atom.